The predicted octanol–water partition coefficient (Wildman–Crippen LogP) is 18.8. The molecule has 0 radical (unpaired) electrons. The molecule has 1 aliphatic heterocycles. The Morgan fingerprint density at radius 1 is 0.357 bits per heavy atom. The van der Waals surface area contributed by atoms with E-state index in [-0.39, 0.29) is 10.8 Å². The molecule has 0 unspecified atom stereocenters. The zero-order chi connectivity index (χ0) is 46.9. The van der Waals surface area contributed by atoms with Crippen molar-refractivity contribution in [1.82, 2.24) is 4.57 Å². The summed E-state index contributed by atoms with van der Waals surface area (Å²) in [5, 5.41) is 2.57. The van der Waals surface area contributed by atoms with Gasteiger partial charge in [0.25, 0.3) is 0 Å². The summed E-state index contributed by atoms with van der Waals surface area (Å²) in [4.78, 5) is 7.78. The Morgan fingerprint density at radius 3 is 1.59 bits per heavy atom. The van der Waals surface area contributed by atoms with Gasteiger partial charge in [-0.2, -0.15) is 0 Å². The molecular formula is C66H48N2S2. The summed E-state index contributed by atoms with van der Waals surface area (Å²) in [6.45, 7) is 9.53. The zero-order valence-electron chi connectivity index (χ0n) is 39.5. The van der Waals surface area contributed by atoms with Gasteiger partial charge >= 0.3 is 0 Å². The summed E-state index contributed by atoms with van der Waals surface area (Å²) in [5.74, 6) is 0. The van der Waals surface area contributed by atoms with Crippen molar-refractivity contribution in [3.63, 3.8) is 0 Å². The van der Waals surface area contributed by atoms with Crippen LogP contribution in [0.15, 0.2) is 238 Å². The van der Waals surface area contributed by atoms with E-state index >= 15 is 0 Å². The Balaban J connectivity index is 0.848. The molecule has 3 aliphatic rings. The number of aromatic nitrogens is 1. The first-order chi connectivity index (χ1) is 34.2. The highest BCUT2D eigenvalue weighted by molar-refractivity contribution is 8.05. The van der Waals surface area contributed by atoms with Crippen molar-refractivity contribution in [1.29, 1.82) is 0 Å². The van der Waals surface area contributed by atoms with Crippen molar-refractivity contribution in [3.05, 3.63) is 241 Å². The van der Waals surface area contributed by atoms with Gasteiger partial charge < -0.3 is 9.47 Å². The maximum Gasteiger partial charge on any atom is 0.0622 e. The van der Waals surface area contributed by atoms with E-state index in [4.69, 9.17) is 0 Å². The van der Waals surface area contributed by atoms with Gasteiger partial charge in [-0.05, 0) is 140 Å². The molecule has 0 saturated heterocycles. The highest BCUT2D eigenvalue weighted by atomic mass is 32.2. The van der Waals surface area contributed by atoms with Crippen LogP contribution in [0.4, 0.5) is 17.1 Å². The molecule has 11 aromatic rings. The second-order valence-corrected chi connectivity index (χ2v) is 22.3. The first-order valence-electron chi connectivity index (χ1n) is 24.3. The van der Waals surface area contributed by atoms with E-state index in [1.807, 2.05) is 23.5 Å². The molecule has 0 atom stereocenters. The standard InChI is InChI=1S/C66H48N2S2/c1-65(2)54-18-10-8-16-49(54)50-35-34-48(38-56(50)65)67(45-28-22-42(23-29-45)41-14-6-5-7-15-41)46-30-24-43(25-31-46)44-26-32-47(33-27-44)68-58-19-11-9-17-51(58)52-36-37-55-63(64(52)68)53-39-61-62(40-57(53)66(55,3)4)70-60-21-13-12-20-59(60)69-61/h5-40H,1-4H3. The molecule has 2 nitrogen and oxygen atoms in total. The van der Waals surface area contributed by atoms with Gasteiger partial charge in [0.15, 0.2) is 0 Å². The number of benzene rings is 10. The van der Waals surface area contributed by atoms with Crippen LogP contribution in [0.3, 0.4) is 0 Å². The van der Waals surface area contributed by atoms with Gasteiger partial charge in [-0.15, -0.1) is 0 Å². The fourth-order valence-electron chi connectivity index (χ4n) is 11.9. The van der Waals surface area contributed by atoms with Crippen LogP contribution in [0, 0.1) is 0 Å². The predicted molar refractivity (Wildman–Crippen MR) is 296 cm³/mol. The molecule has 70 heavy (non-hydrogen) atoms. The van der Waals surface area contributed by atoms with Gasteiger partial charge in [-0.1, -0.05) is 191 Å². The van der Waals surface area contributed by atoms with Crippen molar-refractivity contribution in [2.75, 3.05) is 4.90 Å². The van der Waals surface area contributed by atoms with Crippen LogP contribution in [0.25, 0.3) is 72.0 Å². The average Bonchev–Trinajstić information content (AvgIpc) is 3.94. The smallest absolute Gasteiger partial charge is 0.0622 e. The van der Waals surface area contributed by atoms with Gasteiger partial charge in [0.05, 0.1) is 11.0 Å². The van der Waals surface area contributed by atoms with E-state index in [1.165, 1.54) is 108 Å². The molecule has 0 N–H and O–H groups in total. The molecule has 0 spiro atoms. The van der Waals surface area contributed by atoms with Gasteiger partial charge in [-0.25, -0.2) is 0 Å². The summed E-state index contributed by atoms with van der Waals surface area (Å²) >= 11 is 3.81. The molecule has 0 saturated carbocycles. The van der Waals surface area contributed by atoms with Gasteiger partial charge in [-0.3, -0.25) is 0 Å². The summed E-state index contributed by atoms with van der Waals surface area (Å²) in [6.07, 6.45) is 0. The molecule has 334 valence electrons. The molecule has 4 heteroatoms. The fraction of sp³-hybridized carbons (Fsp3) is 0.0909. The number of hydrogen-bond donors (Lipinski definition) is 0. The first kappa shape index (κ1) is 41.5. The number of nitrogens with zero attached hydrogens (tertiary/aromatic N) is 2. The quantitative estimate of drug-likeness (QED) is 0.164. The van der Waals surface area contributed by atoms with Crippen LogP contribution >= 0.6 is 23.5 Å². The van der Waals surface area contributed by atoms with Crippen LogP contribution in [-0.2, 0) is 10.8 Å². The zero-order valence-corrected chi connectivity index (χ0v) is 41.1. The molecule has 10 aromatic carbocycles. The third kappa shape index (κ3) is 6.22. The van der Waals surface area contributed by atoms with Crippen LogP contribution in [0.5, 0.6) is 0 Å². The average molecular weight is 933 g/mol. The van der Waals surface area contributed by atoms with Gasteiger partial charge in [0, 0.05) is 69.5 Å². The lowest BCUT2D eigenvalue weighted by molar-refractivity contribution is 0.658. The normalized spacial score (nSPS) is 14.4. The summed E-state index contributed by atoms with van der Waals surface area (Å²) in [5.41, 5.74) is 22.5. The Bertz CT molecular complexity index is 3920. The monoisotopic (exact) mass is 932 g/mol. The lowest BCUT2D eigenvalue weighted by atomic mass is 9.82. The van der Waals surface area contributed by atoms with Crippen LogP contribution in [0.1, 0.15) is 49.9 Å². The molecule has 0 amide bonds. The van der Waals surface area contributed by atoms with Gasteiger partial charge in [0.1, 0.15) is 0 Å². The summed E-state index contributed by atoms with van der Waals surface area (Å²) in [7, 11) is 0. The Labute approximate surface area is 418 Å². The number of anilines is 3. The molecule has 0 fully saturated rings. The molecular weight excluding hydrogens is 885 g/mol. The molecule has 1 aromatic heterocycles. The minimum absolute atomic E-state index is 0.105. The SMILES string of the molecule is CC1(C)c2ccccc2-c2ccc(N(c3ccc(-c4ccccc4)cc3)c3ccc(-c4ccc(-n5c6ccccc6c6ccc7c(c65)-c5cc6c(cc5C7(C)C)Sc5ccccc5S6)cc4)cc3)cc21. The second kappa shape index (κ2) is 15.5. The number of para-hydroxylation sites is 1. The number of fused-ring (bicyclic) bond motifs is 12. The maximum absolute atomic E-state index is 2.52. The van der Waals surface area contributed by atoms with Crippen molar-refractivity contribution in [3.8, 4) is 50.2 Å². The largest absolute Gasteiger partial charge is 0.310 e. The van der Waals surface area contributed by atoms with E-state index in [0.29, 0.717) is 0 Å². The lowest BCUT2D eigenvalue weighted by Crippen LogP contribution is -2.16. The molecule has 14 rings (SSSR count). The second-order valence-electron chi connectivity index (χ2n) is 20.1. The van der Waals surface area contributed by atoms with E-state index < -0.39 is 0 Å². The molecule has 0 bridgehead atoms. The highest BCUT2D eigenvalue weighted by Gasteiger charge is 2.40. The topological polar surface area (TPSA) is 8.17 Å². The Kier molecular flexibility index (Phi) is 9.18. The molecule has 2 aliphatic carbocycles. The van der Waals surface area contributed by atoms with Crippen molar-refractivity contribution in [2.45, 2.75) is 58.1 Å². The first-order valence-corrected chi connectivity index (χ1v) is 26.0. The van der Waals surface area contributed by atoms with E-state index in [0.717, 1.165) is 22.7 Å². The van der Waals surface area contributed by atoms with Gasteiger partial charge in [0.2, 0.25) is 0 Å². The number of rotatable bonds is 6. The van der Waals surface area contributed by atoms with Crippen molar-refractivity contribution in [2.24, 2.45) is 0 Å². The van der Waals surface area contributed by atoms with E-state index in [2.05, 4.69) is 256 Å². The summed E-state index contributed by atoms with van der Waals surface area (Å²) in [6, 6.07) is 81.4. The van der Waals surface area contributed by atoms with Crippen LogP contribution in [-0.4, -0.2) is 4.57 Å². The van der Waals surface area contributed by atoms with E-state index in [9.17, 15) is 0 Å². The lowest BCUT2D eigenvalue weighted by Gasteiger charge is -2.28. The minimum Gasteiger partial charge on any atom is -0.310 e. The van der Waals surface area contributed by atoms with E-state index in [1.54, 1.807) is 0 Å². The highest BCUT2D eigenvalue weighted by Crippen LogP contribution is 2.58. The fourth-order valence-corrected chi connectivity index (χ4v) is 14.2. The van der Waals surface area contributed by atoms with Crippen molar-refractivity contribution < 1.29 is 0 Å². The maximum atomic E-state index is 2.52. The van der Waals surface area contributed by atoms with Crippen LogP contribution in [0.2, 0.25) is 0 Å². The Hall–Kier alpha value is -7.50. The Morgan fingerprint density at radius 2 is 0.886 bits per heavy atom. The van der Waals surface area contributed by atoms with Crippen molar-refractivity contribution >= 4 is 62.4 Å². The minimum atomic E-state index is -0.141. The molecule has 2 heterocycles. The third-order valence-corrected chi connectivity index (χ3v) is 18.0. The third-order valence-electron chi connectivity index (χ3n) is 15.5. The van der Waals surface area contributed by atoms with Crippen LogP contribution < -0.4 is 4.90 Å². The summed E-state index contributed by atoms with van der Waals surface area (Å²) < 4.78 is 2.52. The number of hydrogen-bond acceptors (Lipinski definition) is 3.